The van der Waals surface area contributed by atoms with Crippen LogP contribution in [0.3, 0.4) is 0 Å². The lowest BCUT2D eigenvalue weighted by atomic mass is 10.1. The van der Waals surface area contributed by atoms with Gasteiger partial charge in [-0.2, -0.15) is 0 Å². The van der Waals surface area contributed by atoms with E-state index in [-0.39, 0.29) is 18.4 Å². The average molecular weight is 508 g/mol. The molecule has 0 aliphatic carbocycles. The van der Waals surface area contributed by atoms with Gasteiger partial charge >= 0.3 is 0 Å². The van der Waals surface area contributed by atoms with E-state index in [0.717, 1.165) is 76.7 Å². The maximum atomic E-state index is 12.7. The fourth-order valence-electron chi connectivity index (χ4n) is 4.66. The van der Waals surface area contributed by atoms with Gasteiger partial charge in [0.25, 0.3) is 0 Å². The van der Waals surface area contributed by atoms with Crippen molar-refractivity contribution < 1.29 is 18.0 Å². The van der Waals surface area contributed by atoms with E-state index >= 15 is 0 Å². The summed E-state index contributed by atoms with van der Waals surface area (Å²) < 4.78 is 23.4. The van der Waals surface area contributed by atoms with E-state index in [1.807, 2.05) is 17.0 Å². The van der Waals surface area contributed by atoms with Crippen LogP contribution < -0.4 is 0 Å². The number of hydrogen-bond acceptors (Lipinski definition) is 5. The van der Waals surface area contributed by atoms with E-state index in [9.17, 15) is 18.0 Å². The molecule has 7 nitrogen and oxygen atoms in total. The maximum absolute atomic E-state index is 12.7. The summed E-state index contributed by atoms with van der Waals surface area (Å²) in [6, 6.07) is 7.56. The first kappa shape index (κ1) is 29.3. The fraction of sp³-hybridized carbons (Fsp3) is 0.704. The molecular weight excluding hydrogens is 462 g/mol. The highest BCUT2D eigenvalue weighted by Gasteiger charge is 2.24. The van der Waals surface area contributed by atoms with Crippen LogP contribution >= 0.6 is 0 Å². The van der Waals surface area contributed by atoms with Crippen LogP contribution in [0.4, 0.5) is 0 Å². The molecule has 1 fully saturated rings. The van der Waals surface area contributed by atoms with Gasteiger partial charge in [-0.05, 0) is 76.2 Å². The van der Waals surface area contributed by atoms with E-state index < -0.39 is 9.84 Å². The summed E-state index contributed by atoms with van der Waals surface area (Å²) in [7, 11) is -3.17. The Kier molecular flexibility index (Phi) is 12.2. The molecule has 1 atom stereocenters. The van der Waals surface area contributed by atoms with E-state index in [2.05, 4.69) is 25.7 Å². The van der Waals surface area contributed by atoms with Gasteiger partial charge in [-0.15, -0.1) is 0 Å². The summed E-state index contributed by atoms with van der Waals surface area (Å²) in [4.78, 5) is 31.6. The first-order valence-electron chi connectivity index (χ1n) is 13.2. The number of carbonyl (C=O) groups is 2. The standard InChI is InChI=1S/C27H45N3O4S/c1-5-7-11-26(31)30-20-10-19-29(27(32)22-30)18-9-8-17-28(16-6-2)23(3)21-24-12-14-25(15-13-24)35(4,33)34/h12-15,23H,5-11,16-22H2,1-4H3. The van der Waals surface area contributed by atoms with Gasteiger partial charge in [0.1, 0.15) is 0 Å². The molecule has 0 N–H and O–H groups in total. The number of carbonyl (C=O) groups excluding carboxylic acids is 2. The number of rotatable bonds is 14. The smallest absolute Gasteiger partial charge is 0.242 e. The molecule has 35 heavy (non-hydrogen) atoms. The zero-order chi connectivity index (χ0) is 25.8. The number of benzene rings is 1. The van der Waals surface area contributed by atoms with E-state index in [1.54, 1.807) is 17.0 Å². The van der Waals surface area contributed by atoms with E-state index in [4.69, 9.17) is 0 Å². The molecule has 0 aromatic heterocycles. The molecule has 1 aromatic rings. The van der Waals surface area contributed by atoms with Crippen molar-refractivity contribution in [1.29, 1.82) is 0 Å². The topological polar surface area (TPSA) is 78.0 Å². The Balaban J connectivity index is 1.80. The molecule has 1 saturated heterocycles. The third-order valence-electron chi connectivity index (χ3n) is 6.77. The Bertz CT molecular complexity index is 902. The third kappa shape index (κ3) is 9.92. The minimum Gasteiger partial charge on any atom is -0.341 e. The molecule has 1 unspecified atom stereocenters. The third-order valence-corrected chi connectivity index (χ3v) is 7.90. The van der Waals surface area contributed by atoms with Crippen molar-refractivity contribution in [3.63, 3.8) is 0 Å². The van der Waals surface area contributed by atoms with Gasteiger partial charge in [0, 0.05) is 38.4 Å². The second-order valence-electron chi connectivity index (χ2n) is 9.87. The molecule has 8 heteroatoms. The lowest BCUT2D eigenvalue weighted by Crippen LogP contribution is -2.40. The quantitative estimate of drug-likeness (QED) is 0.358. The Morgan fingerprint density at radius 2 is 1.74 bits per heavy atom. The number of nitrogens with zero attached hydrogens (tertiary/aromatic N) is 3. The van der Waals surface area contributed by atoms with Gasteiger partial charge in [0.05, 0.1) is 11.4 Å². The molecular formula is C27H45N3O4S. The highest BCUT2D eigenvalue weighted by atomic mass is 32.2. The Morgan fingerprint density at radius 3 is 2.37 bits per heavy atom. The SMILES string of the molecule is CCCCC(=O)N1CCCN(CCCCN(CCC)C(C)Cc2ccc(S(C)(=O)=O)cc2)C(=O)C1. The largest absolute Gasteiger partial charge is 0.341 e. The first-order valence-corrected chi connectivity index (χ1v) is 15.1. The Labute approximate surface area is 212 Å². The van der Waals surface area contributed by atoms with Crippen molar-refractivity contribution in [3.05, 3.63) is 29.8 Å². The predicted molar refractivity (Wildman–Crippen MR) is 141 cm³/mol. The minimum absolute atomic E-state index is 0.0728. The van der Waals surface area contributed by atoms with Crippen LogP contribution in [-0.2, 0) is 25.8 Å². The molecule has 0 radical (unpaired) electrons. The molecule has 0 spiro atoms. The monoisotopic (exact) mass is 507 g/mol. The Morgan fingerprint density at radius 1 is 1.03 bits per heavy atom. The second kappa shape index (κ2) is 14.6. The highest BCUT2D eigenvalue weighted by molar-refractivity contribution is 7.90. The van der Waals surface area contributed by atoms with Crippen LogP contribution in [-0.4, -0.2) is 86.5 Å². The van der Waals surface area contributed by atoms with Gasteiger partial charge in [-0.1, -0.05) is 32.4 Å². The molecule has 1 aromatic carbocycles. The molecule has 198 valence electrons. The summed E-state index contributed by atoms with van der Waals surface area (Å²) in [5.74, 6) is 0.181. The molecule has 1 aliphatic rings. The number of hydrogen-bond donors (Lipinski definition) is 0. The van der Waals surface area contributed by atoms with Crippen molar-refractivity contribution in [3.8, 4) is 0 Å². The number of sulfone groups is 1. The van der Waals surface area contributed by atoms with E-state index in [0.29, 0.717) is 23.9 Å². The van der Waals surface area contributed by atoms with Crippen LogP contribution in [0.1, 0.15) is 71.3 Å². The fourth-order valence-corrected chi connectivity index (χ4v) is 5.29. The van der Waals surface area contributed by atoms with Gasteiger partial charge in [-0.3, -0.25) is 9.59 Å². The number of amides is 2. The summed E-state index contributed by atoms with van der Waals surface area (Å²) in [6.07, 6.45) is 8.40. The summed E-state index contributed by atoms with van der Waals surface area (Å²) in [5, 5.41) is 0. The predicted octanol–water partition coefficient (Wildman–Crippen LogP) is 3.76. The van der Waals surface area contributed by atoms with Gasteiger partial charge in [-0.25, -0.2) is 8.42 Å². The molecule has 0 saturated carbocycles. The highest BCUT2D eigenvalue weighted by Crippen LogP contribution is 2.15. The van der Waals surface area contributed by atoms with Crippen LogP contribution in [0, 0.1) is 0 Å². The van der Waals surface area contributed by atoms with Crippen LogP contribution in [0.2, 0.25) is 0 Å². The van der Waals surface area contributed by atoms with Crippen molar-refractivity contribution >= 4 is 21.7 Å². The lowest BCUT2D eigenvalue weighted by molar-refractivity contribution is -0.138. The van der Waals surface area contributed by atoms with Crippen LogP contribution in [0.15, 0.2) is 29.2 Å². The normalized spacial score (nSPS) is 16.0. The Hall–Kier alpha value is -1.93. The summed E-state index contributed by atoms with van der Waals surface area (Å²) in [6.45, 7) is 10.8. The zero-order valence-electron chi connectivity index (χ0n) is 22.2. The summed E-state index contributed by atoms with van der Waals surface area (Å²) in [5.41, 5.74) is 1.14. The van der Waals surface area contributed by atoms with Crippen molar-refractivity contribution in [2.45, 2.75) is 83.1 Å². The first-order chi connectivity index (χ1) is 16.7. The average Bonchev–Trinajstić information content (AvgIpc) is 3.00. The maximum Gasteiger partial charge on any atom is 0.242 e. The lowest BCUT2D eigenvalue weighted by Gasteiger charge is -2.29. The van der Waals surface area contributed by atoms with E-state index in [1.165, 1.54) is 6.26 Å². The minimum atomic E-state index is -3.17. The number of unbranched alkanes of at least 4 members (excludes halogenated alkanes) is 2. The zero-order valence-corrected chi connectivity index (χ0v) is 23.0. The van der Waals surface area contributed by atoms with Crippen LogP contribution in [0.5, 0.6) is 0 Å². The van der Waals surface area contributed by atoms with Crippen LogP contribution in [0.25, 0.3) is 0 Å². The molecule has 2 amide bonds. The molecule has 2 rings (SSSR count). The molecule has 1 heterocycles. The second-order valence-corrected chi connectivity index (χ2v) is 11.9. The summed E-state index contributed by atoms with van der Waals surface area (Å²) >= 11 is 0. The molecule has 0 bridgehead atoms. The van der Waals surface area contributed by atoms with Crippen molar-refractivity contribution in [2.75, 3.05) is 45.5 Å². The van der Waals surface area contributed by atoms with Crippen molar-refractivity contribution in [1.82, 2.24) is 14.7 Å². The van der Waals surface area contributed by atoms with Gasteiger partial charge in [0.15, 0.2) is 9.84 Å². The molecule has 1 aliphatic heterocycles. The van der Waals surface area contributed by atoms with Gasteiger partial charge in [0.2, 0.25) is 11.8 Å². The van der Waals surface area contributed by atoms with Gasteiger partial charge < -0.3 is 14.7 Å². The van der Waals surface area contributed by atoms with Crippen molar-refractivity contribution in [2.24, 2.45) is 0 Å².